The van der Waals surface area contributed by atoms with Crippen molar-refractivity contribution in [3.63, 3.8) is 0 Å². The van der Waals surface area contributed by atoms with Crippen LogP contribution in [-0.4, -0.2) is 32.6 Å². The maximum atomic E-state index is 14.9. The quantitative estimate of drug-likeness (QED) is 0.326. The largest absolute Gasteiger partial charge is 0.491 e. The molecule has 2 N–H and O–H groups in total. The van der Waals surface area contributed by atoms with E-state index in [-0.39, 0.29) is 35.2 Å². The van der Waals surface area contributed by atoms with Gasteiger partial charge < -0.3 is 10.1 Å². The van der Waals surface area contributed by atoms with Crippen LogP contribution in [0.1, 0.15) is 25.3 Å². The molecule has 3 aromatic rings. The molecule has 6 nitrogen and oxygen atoms in total. The smallest absolute Gasteiger partial charge is 0.266 e. The van der Waals surface area contributed by atoms with E-state index >= 15 is 0 Å². The topological polar surface area (TPSA) is 80.3 Å². The Morgan fingerprint density at radius 2 is 2.00 bits per heavy atom. The van der Waals surface area contributed by atoms with Crippen molar-refractivity contribution in [1.82, 2.24) is 10.3 Å². The molecule has 1 heterocycles. The highest BCUT2D eigenvalue weighted by Crippen LogP contribution is 2.36. The maximum absolute atomic E-state index is 14.9. The molecule has 0 unspecified atom stereocenters. The van der Waals surface area contributed by atoms with Gasteiger partial charge in [0.25, 0.3) is 10.0 Å². The number of anilines is 1. The molecular weight excluding hydrogens is 532 g/mol. The van der Waals surface area contributed by atoms with Crippen molar-refractivity contribution < 1.29 is 17.5 Å². The molecular formula is C24H24Cl2FN3O3S2. The highest BCUT2D eigenvalue weighted by molar-refractivity contribution is 7.92. The monoisotopic (exact) mass is 555 g/mol. The first-order valence-corrected chi connectivity index (χ1v) is 14.2. The Balaban J connectivity index is 1.56. The first-order valence-electron chi connectivity index (χ1n) is 11.0. The van der Waals surface area contributed by atoms with E-state index in [0.717, 1.165) is 42.7 Å². The van der Waals surface area contributed by atoms with Crippen molar-refractivity contribution in [3.05, 3.63) is 74.8 Å². The number of hydrogen-bond donors (Lipinski definition) is 2. The summed E-state index contributed by atoms with van der Waals surface area (Å²) in [6.45, 7) is 3.07. The summed E-state index contributed by atoms with van der Waals surface area (Å²) in [6.07, 6.45) is 4.04. The number of allylic oxidation sites excluding steroid dienone is 1. The minimum Gasteiger partial charge on any atom is -0.491 e. The summed E-state index contributed by atoms with van der Waals surface area (Å²) in [5, 5.41) is 5.67. The third kappa shape index (κ3) is 6.16. The molecule has 11 heteroatoms. The summed E-state index contributed by atoms with van der Waals surface area (Å²) in [5.41, 5.74) is 3.62. The average molecular weight is 557 g/mol. The third-order valence-corrected chi connectivity index (χ3v) is 8.24. The normalized spacial score (nSPS) is 18.2. The van der Waals surface area contributed by atoms with Crippen LogP contribution in [-0.2, 0) is 10.0 Å². The second-order valence-corrected chi connectivity index (χ2v) is 11.2. The van der Waals surface area contributed by atoms with Gasteiger partial charge in [0, 0.05) is 28.4 Å². The van der Waals surface area contributed by atoms with E-state index in [2.05, 4.69) is 21.1 Å². The number of nitrogens with one attached hydrogen (secondary N) is 2. The molecule has 2 atom stereocenters. The maximum Gasteiger partial charge on any atom is 0.266 e. The summed E-state index contributed by atoms with van der Waals surface area (Å²) in [7, 11) is -4.20. The molecule has 186 valence electrons. The van der Waals surface area contributed by atoms with Crippen LogP contribution in [0.15, 0.2) is 58.3 Å². The summed E-state index contributed by atoms with van der Waals surface area (Å²) in [5.74, 6) is -0.807. The van der Waals surface area contributed by atoms with E-state index < -0.39 is 20.7 Å². The molecule has 1 aliphatic carbocycles. The van der Waals surface area contributed by atoms with Gasteiger partial charge >= 0.3 is 0 Å². The molecule has 0 saturated carbocycles. The van der Waals surface area contributed by atoms with E-state index in [9.17, 15) is 12.8 Å². The standard InChI is InChI=1S/C24H24Cl2FN3O3S2/c1-2-28-21-5-3-4-17(15-6-8-16(25)9-7-15)18(21)12-33-22-11-20(27)23(10-19(22)26)35(31,32)30-24-13-34-14-29-24/h4,6-11,13-14,18,21,28,30H,2-3,5,12H2,1H3/t18-,21-/m1/s1. The lowest BCUT2D eigenvalue weighted by Gasteiger charge is -2.33. The number of aromatic nitrogens is 1. The third-order valence-electron chi connectivity index (χ3n) is 5.74. The summed E-state index contributed by atoms with van der Waals surface area (Å²) >= 11 is 13.6. The van der Waals surface area contributed by atoms with Crippen LogP contribution < -0.4 is 14.8 Å². The van der Waals surface area contributed by atoms with Gasteiger partial charge in [0.2, 0.25) is 0 Å². The fourth-order valence-corrected chi connectivity index (χ4v) is 6.19. The van der Waals surface area contributed by atoms with Crippen molar-refractivity contribution >= 4 is 56.0 Å². The van der Waals surface area contributed by atoms with Crippen LogP contribution in [0.5, 0.6) is 5.75 Å². The predicted molar refractivity (Wildman–Crippen MR) is 139 cm³/mol. The Labute approximate surface area is 218 Å². The number of benzene rings is 2. The van der Waals surface area contributed by atoms with E-state index in [4.69, 9.17) is 27.9 Å². The molecule has 0 radical (unpaired) electrons. The molecule has 0 fully saturated rings. The predicted octanol–water partition coefficient (Wildman–Crippen LogP) is 6.24. The second kappa shape index (κ2) is 11.3. The van der Waals surface area contributed by atoms with Gasteiger partial charge in [0.05, 0.1) is 17.1 Å². The Morgan fingerprint density at radius 3 is 2.69 bits per heavy atom. The highest BCUT2D eigenvalue weighted by atomic mass is 35.5. The summed E-state index contributed by atoms with van der Waals surface area (Å²) < 4.78 is 48.3. The van der Waals surface area contributed by atoms with E-state index in [1.54, 1.807) is 0 Å². The molecule has 1 aliphatic rings. The van der Waals surface area contributed by atoms with Crippen molar-refractivity contribution in [1.29, 1.82) is 0 Å². The van der Waals surface area contributed by atoms with Crippen molar-refractivity contribution in [3.8, 4) is 5.75 Å². The van der Waals surface area contributed by atoms with Crippen molar-refractivity contribution in [2.24, 2.45) is 5.92 Å². The van der Waals surface area contributed by atoms with E-state index in [1.807, 2.05) is 31.2 Å². The van der Waals surface area contributed by atoms with Gasteiger partial charge in [-0.1, -0.05) is 48.3 Å². The molecule has 0 bridgehead atoms. The Morgan fingerprint density at radius 1 is 1.23 bits per heavy atom. The number of ether oxygens (including phenoxy) is 1. The van der Waals surface area contributed by atoms with Crippen LogP contribution in [0.4, 0.5) is 10.2 Å². The number of sulfonamides is 1. The van der Waals surface area contributed by atoms with Crippen LogP contribution in [0.25, 0.3) is 5.57 Å². The highest BCUT2D eigenvalue weighted by Gasteiger charge is 2.30. The zero-order valence-electron chi connectivity index (χ0n) is 18.8. The number of rotatable bonds is 9. The van der Waals surface area contributed by atoms with Crippen LogP contribution >= 0.6 is 34.5 Å². The van der Waals surface area contributed by atoms with Crippen LogP contribution in [0.3, 0.4) is 0 Å². The molecule has 0 aliphatic heterocycles. The summed E-state index contributed by atoms with van der Waals surface area (Å²) in [6, 6.07) is 9.85. The molecule has 4 rings (SSSR count). The van der Waals surface area contributed by atoms with Crippen LogP contribution in [0.2, 0.25) is 10.0 Å². The van der Waals surface area contributed by atoms with E-state index in [1.165, 1.54) is 22.2 Å². The van der Waals surface area contributed by atoms with Crippen LogP contribution in [0, 0.1) is 11.7 Å². The average Bonchev–Trinajstić information content (AvgIpc) is 3.33. The lowest BCUT2D eigenvalue weighted by Crippen LogP contribution is -2.41. The van der Waals surface area contributed by atoms with Gasteiger partial charge in [-0.15, -0.1) is 11.3 Å². The van der Waals surface area contributed by atoms with Gasteiger partial charge in [-0.2, -0.15) is 0 Å². The van der Waals surface area contributed by atoms with Gasteiger partial charge in [-0.3, -0.25) is 4.72 Å². The number of nitrogens with zero attached hydrogens (tertiary/aromatic N) is 1. The molecule has 1 aromatic heterocycles. The molecule has 0 spiro atoms. The zero-order valence-corrected chi connectivity index (χ0v) is 21.9. The van der Waals surface area contributed by atoms with Gasteiger partial charge in [-0.05, 0) is 48.7 Å². The zero-order chi connectivity index (χ0) is 25.0. The minimum absolute atomic E-state index is 0.00196. The van der Waals surface area contributed by atoms with Crippen molar-refractivity contribution in [2.75, 3.05) is 17.9 Å². The van der Waals surface area contributed by atoms with Gasteiger partial charge in [0.1, 0.15) is 16.5 Å². The fraction of sp³-hybridized carbons (Fsp3) is 0.292. The summed E-state index contributed by atoms with van der Waals surface area (Å²) in [4.78, 5) is 3.29. The van der Waals surface area contributed by atoms with Crippen molar-refractivity contribution in [2.45, 2.75) is 30.7 Å². The molecule has 0 amide bonds. The lowest BCUT2D eigenvalue weighted by atomic mass is 9.80. The van der Waals surface area contributed by atoms with Gasteiger partial charge in [-0.25, -0.2) is 17.8 Å². The Bertz CT molecular complexity index is 1300. The fourth-order valence-electron chi connectivity index (χ4n) is 4.14. The lowest BCUT2D eigenvalue weighted by molar-refractivity contribution is 0.236. The molecule has 0 saturated heterocycles. The minimum atomic E-state index is -4.20. The molecule has 35 heavy (non-hydrogen) atoms. The SMILES string of the molecule is CCN[C@@H]1CCC=C(c2ccc(Cl)cc2)[C@H]1COc1cc(F)c(S(=O)(=O)Nc2cscn2)cc1Cl. The Kier molecular flexibility index (Phi) is 8.34. The number of halogens is 3. The second-order valence-electron chi connectivity index (χ2n) is 8.02. The van der Waals surface area contributed by atoms with E-state index in [0.29, 0.717) is 5.02 Å². The molecule has 2 aromatic carbocycles. The Hall–Kier alpha value is -2.17. The number of hydrogen-bond acceptors (Lipinski definition) is 6. The first kappa shape index (κ1) is 25.9. The number of thiazole rings is 1. The first-order chi connectivity index (χ1) is 16.8. The van der Waals surface area contributed by atoms with Gasteiger partial charge in [0.15, 0.2) is 5.82 Å².